The molecule has 0 bridgehead atoms. The monoisotopic (exact) mass is 226 g/mol. The Bertz CT molecular complexity index is 373. The van der Waals surface area contributed by atoms with Crippen molar-refractivity contribution in [2.75, 3.05) is 11.9 Å². The molecule has 0 spiro atoms. The lowest BCUT2D eigenvalue weighted by Gasteiger charge is -2.09. The van der Waals surface area contributed by atoms with Gasteiger partial charge in [-0.2, -0.15) is 5.26 Å². The molecule has 1 aromatic rings. The van der Waals surface area contributed by atoms with Crippen LogP contribution in [0.1, 0.15) is 13.3 Å². The van der Waals surface area contributed by atoms with E-state index in [0.717, 1.165) is 12.1 Å². The summed E-state index contributed by atoms with van der Waals surface area (Å²) < 4.78 is 12.8. The number of anilines is 1. The van der Waals surface area contributed by atoms with Gasteiger partial charge in [-0.15, -0.1) is 0 Å². The maximum Gasteiger partial charge on any atom is 0.141 e. The first-order valence-corrected chi connectivity index (χ1v) is 5.13. The Morgan fingerprint density at radius 1 is 1.60 bits per heavy atom. The van der Waals surface area contributed by atoms with Crippen molar-refractivity contribution in [3.63, 3.8) is 0 Å². The number of nitriles is 1. The van der Waals surface area contributed by atoms with Gasteiger partial charge in [0.15, 0.2) is 0 Å². The van der Waals surface area contributed by atoms with Crippen LogP contribution in [0.2, 0.25) is 5.02 Å². The third-order valence-corrected chi connectivity index (χ3v) is 2.44. The highest BCUT2D eigenvalue weighted by Gasteiger charge is 2.05. The molecule has 0 saturated heterocycles. The molecule has 1 unspecified atom stereocenters. The van der Waals surface area contributed by atoms with Gasteiger partial charge in [0.05, 0.1) is 17.0 Å². The maximum atomic E-state index is 12.8. The second-order valence-corrected chi connectivity index (χ2v) is 3.65. The molecule has 0 aromatic heterocycles. The fourth-order valence-electron chi connectivity index (χ4n) is 1.13. The van der Waals surface area contributed by atoms with Crippen molar-refractivity contribution in [1.82, 2.24) is 0 Å². The Balaban J connectivity index is 2.59. The number of nitrogens with one attached hydrogen (secondary N) is 1. The normalized spacial score (nSPS) is 11.9. The van der Waals surface area contributed by atoms with E-state index in [0.29, 0.717) is 6.54 Å². The molecule has 0 amide bonds. The van der Waals surface area contributed by atoms with E-state index in [1.54, 1.807) is 6.07 Å². The predicted molar refractivity (Wildman–Crippen MR) is 59.3 cm³/mol. The summed E-state index contributed by atoms with van der Waals surface area (Å²) in [6, 6.07) is 6.60. The Labute approximate surface area is 93.7 Å². The number of halogens is 2. The molecule has 0 fully saturated rings. The Hall–Kier alpha value is -1.27. The fourth-order valence-corrected chi connectivity index (χ4v) is 1.31. The maximum absolute atomic E-state index is 12.8. The zero-order valence-electron chi connectivity index (χ0n) is 8.43. The average molecular weight is 227 g/mol. The van der Waals surface area contributed by atoms with Crippen LogP contribution in [0.4, 0.5) is 10.1 Å². The molecule has 80 valence electrons. The lowest BCUT2D eigenvalue weighted by Crippen LogP contribution is -2.11. The molecule has 0 radical (unpaired) electrons. The number of benzene rings is 1. The summed E-state index contributed by atoms with van der Waals surface area (Å²) in [6.45, 7) is 2.50. The van der Waals surface area contributed by atoms with Crippen molar-refractivity contribution < 1.29 is 4.39 Å². The van der Waals surface area contributed by atoms with Crippen molar-refractivity contribution in [3.05, 3.63) is 29.0 Å². The first-order valence-electron chi connectivity index (χ1n) is 4.76. The van der Waals surface area contributed by atoms with E-state index < -0.39 is 5.82 Å². The minimum atomic E-state index is -0.436. The van der Waals surface area contributed by atoms with Crippen LogP contribution in [-0.4, -0.2) is 6.54 Å². The lowest BCUT2D eigenvalue weighted by molar-refractivity contribution is 0.628. The molecule has 0 heterocycles. The molecule has 4 heteroatoms. The van der Waals surface area contributed by atoms with Crippen molar-refractivity contribution in [2.45, 2.75) is 13.3 Å². The van der Waals surface area contributed by atoms with E-state index in [9.17, 15) is 4.39 Å². The van der Waals surface area contributed by atoms with E-state index in [-0.39, 0.29) is 10.9 Å². The van der Waals surface area contributed by atoms with Crippen LogP contribution in [0.25, 0.3) is 0 Å². The van der Waals surface area contributed by atoms with Crippen LogP contribution >= 0.6 is 11.6 Å². The predicted octanol–water partition coefficient (Wildman–Crippen LogP) is 3.44. The Kier molecular flexibility index (Phi) is 4.38. The van der Waals surface area contributed by atoms with E-state index in [1.165, 1.54) is 12.1 Å². The molecular weight excluding hydrogens is 215 g/mol. The number of nitrogens with zero attached hydrogens (tertiary/aromatic N) is 1. The molecule has 2 nitrogen and oxygen atoms in total. The van der Waals surface area contributed by atoms with Crippen LogP contribution < -0.4 is 5.32 Å². The lowest BCUT2D eigenvalue weighted by atomic mass is 10.1. The number of hydrogen-bond donors (Lipinski definition) is 1. The second kappa shape index (κ2) is 5.57. The molecule has 0 aliphatic rings. The van der Waals surface area contributed by atoms with Crippen LogP contribution in [-0.2, 0) is 0 Å². The molecule has 0 aliphatic carbocycles. The third-order valence-electron chi connectivity index (χ3n) is 2.15. The summed E-state index contributed by atoms with van der Waals surface area (Å²) in [4.78, 5) is 0. The van der Waals surface area contributed by atoms with Crippen LogP contribution in [0.5, 0.6) is 0 Å². The van der Waals surface area contributed by atoms with Gasteiger partial charge in [-0.1, -0.05) is 18.5 Å². The minimum absolute atomic E-state index is 0.0335. The summed E-state index contributed by atoms with van der Waals surface area (Å²) in [5.41, 5.74) is 0.732. The SMILES string of the molecule is CCC(C#N)CNc1ccc(F)c(Cl)c1. The molecular formula is C11H12ClFN2. The third kappa shape index (κ3) is 3.41. The Morgan fingerprint density at radius 3 is 2.87 bits per heavy atom. The van der Waals surface area contributed by atoms with Crippen molar-refractivity contribution in [1.29, 1.82) is 5.26 Å². The van der Waals surface area contributed by atoms with Gasteiger partial charge in [0.2, 0.25) is 0 Å². The van der Waals surface area contributed by atoms with E-state index in [1.807, 2.05) is 6.92 Å². The van der Waals surface area contributed by atoms with Crippen molar-refractivity contribution in [2.24, 2.45) is 5.92 Å². The largest absolute Gasteiger partial charge is 0.384 e. The highest BCUT2D eigenvalue weighted by molar-refractivity contribution is 6.31. The van der Waals surface area contributed by atoms with Gasteiger partial charge in [-0.3, -0.25) is 0 Å². The summed E-state index contributed by atoms with van der Waals surface area (Å²) >= 11 is 5.62. The van der Waals surface area contributed by atoms with E-state index in [4.69, 9.17) is 16.9 Å². The zero-order chi connectivity index (χ0) is 11.3. The topological polar surface area (TPSA) is 35.8 Å². The molecule has 0 aliphatic heterocycles. The van der Waals surface area contributed by atoms with Gasteiger partial charge in [0.25, 0.3) is 0 Å². The van der Waals surface area contributed by atoms with Crippen molar-refractivity contribution >= 4 is 17.3 Å². The first-order chi connectivity index (χ1) is 7.17. The van der Waals surface area contributed by atoms with Crippen LogP contribution in [0.3, 0.4) is 0 Å². The van der Waals surface area contributed by atoms with Gasteiger partial charge < -0.3 is 5.32 Å². The van der Waals surface area contributed by atoms with Crippen LogP contribution in [0.15, 0.2) is 18.2 Å². The Morgan fingerprint density at radius 2 is 2.33 bits per heavy atom. The van der Waals surface area contributed by atoms with Gasteiger partial charge in [-0.05, 0) is 24.6 Å². The average Bonchev–Trinajstić information content (AvgIpc) is 2.24. The molecule has 15 heavy (non-hydrogen) atoms. The highest BCUT2D eigenvalue weighted by atomic mass is 35.5. The number of hydrogen-bond acceptors (Lipinski definition) is 2. The summed E-state index contributed by atoms with van der Waals surface area (Å²) in [6.07, 6.45) is 0.790. The molecule has 0 saturated carbocycles. The zero-order valence-corrected chi connectivity index (χ0v) is 9.18. The fraction of sp³-hybridized carbons (Fsp3) is 0.364. The quantitative estimate of drug-likeness (QED) is 0.854. The molecule has 1 aromatic carbocycles. The van der Waals surface area contributed by atoms with E-state index in [2.05, 4.69) is 11.4 Å². The molecule has 1 rings (SSSR count). The minimum Gasteiger partial charge on any atom is -0.384 e. The van der Waals surface area contributed by atoms with Crippen molar-refractivity contribution in [3.8, 4) is 6.07 Å². The van der Waals surface area contributed by atoms with E-state index >= 15 is 0 Å². The molecule has 1 atom stereocenters. The van der Waals surface area contributed by atoms with Crippen LogP contribution in [0, 0.1) is 23.1 Å². The highest BCUT2D eigenvalue weighted by Crippen LogP contribution is 2.19. The first kappa shape index (κ1) is 11.8. The summed E-state index contributed by atoms with van der Waals surface area (Å²) in [7, 11) is 0. The number of rotatable bonds is 4. The smallest absolute Gasteiger partial charge is 0.141 e. The molecule has 1 N–H and O–H groups in total. The summed E-state index contributed by atoms with van der Waals surface area (Å²) in [5, 5.41) is 11.9. The van der Waals surface area contributed by atoms with Gasteiger partial charge in [0, 0.05) is 12.2 Å². The standard InChI is InChI=1S/C11H12ClFN2/c1-2-8(6-14)7-15-9-3-4-11(13)10(12)5-9/h3-5,8,15H,2,7H2,1H3. The van der Waals surface area contributed by atoms with Gasteiger partial charge in [0.1, 0.15) is 5.82 Å². The van der Waals surface area contributed by atoms with Gasteiger partial charge >= 0.3 is 0 Å². The van der Waals surface area contributed by atoms with Gasteiger partial charge in [-0.25, -0.2) is 4.39 Å². The second-order valence-electron chi connectivity index (χ2n) is 3.24. The summed E-state index contributed by atoms with van der Waals surface area (Å²) in [5.74, 6) is -0.469.